The van der Waals surface area contributed by atoms with Crippen molar-refractivity contribution in [2.24, 2.45) is 0 Å². The van der Waals surface area contributed by atoms with Crippen LogP contribution in [0.3, 0.4) is 0 Å². The van der Waals surface area contributed by atoms with Crippen LogP contribution in [0.4, 0.5) is 4.79 Å². The average Bonchev–Trinajstić information content (AvgIpc) is 2.41. The quantitative estimate of drug-likeness (QED) is 0.700. The van der Waals surface area contributed by atoms with E-state index in [1.807, 2.05) is 6.92 Å². The molecule has 8 heteroatoms. The first kappa shape index (κ1) is 17.2. The summed E-state index contributed by atoms with van der Waals surface area (Å²) < 4.78 is 30.4. The molecule has 1 heterocycles. The Labute approximate surface area is 121 Å². The molecule has 0 aromatic heterocycles. The number of hydrogen-bond donors (Lipinski definition) is 2. The minimum Gasteiger partial charge on any atom is -0.381 e. The topological polar surface area (TPSA) is 87.7 Å². The van der Waals surface area contributed by atoms with Gasteiger partial charge in [0.2, 0.25) is 10.0 Å². The van der Waals surface area contributed by atoms with Crippen molar-refractivity contribution in [3.8, 4) is 0 Å². The maximum atomic E-state index is 11.8. The molecule has 0 bridgehead atoms. The maximum Gasteiger partial charge on any atom is 0.314 e. The molecular formula is C12H25N3O4S. The molecule has 1 saturated heterocycles. The molecule has 0 radical (unpaired) electrons. The van der Waals surface area contributed by atoms with Crippen molar-refractivity contribution < 1.29 is 17.9 Å². The van der Waals surface area contributed by atoms with Crippen LogP contribution < -0.4 is 10.6 Å². The molecule has 1 rings (SSSR count). The number of carbonyl (C=O) groups excluding carboxylic acids is 1. The minimum atomic E-state index is -3.27. The fourth-order valence-corrected chi connectivity index (χ4v) is 3.35. The number of hydrogen-bond acceptors (Lipinski definition) is 4. The summed E-state index contributed by atoms with van der Waals surface area (Å²) in [6.07, 6.45) is 3.48. The van der Waals surface area contributed by atoms with Crippen LogP contribution in [0.25, 0.3) is 0 Å². The molecule has 1 aliphatic heterocycles. The third-order valence-electron chi connectivity index (χ3n) is 3.18. The molecule has 1 fully saturated rings. The van der Waals surface area contributed by atoms with E-state index in [0.717, 1.165) is 6.42 Å². The number of nitrogens with one attached hydrogen (secondary N) is 2. The average molecular weight is 307 g/mol. The zero-order valence-corrected chi connectivity index (χ0v) is 13.0. The summed E-state index contributed by atoms with van der Waals surface area (Å²) in [5.41, 5.74) is 0. The Bertz CT molecular complexity index is 394. The molecule has 7 nitrogen and oxygen atoms in total. The summed E-state index contributed by atoms with van der Waals surface area (Å²) in [5, 5.41) is 5.36. The fraction of sp³-hybridized carbons (Fsp3) is 0.917. The Morgan fingerprint density at radius 1 is 1.25 bits per heavy atom. The summed E-state index contributed by atoms with van der Waals surface area (Å²) in [6.45, 7) is 4.35. The molecular weight excluding hydrogens is 282 g/mol. The Balaban J connectivity index is 2.43. The van der Waals surface area contributed by atoms with Gasteiger partial charge in [-0.2, -0.15) is 4.31 Å². The van der Waals surface area contributed by atoms with E-state index in [0.29, 0.717) is 45.7 Å². The van der Waals surface area contributed by atoms with Gasteiger partial charge in [-0.05, 0) is 19.3 Å². The van der Waals surface area contributed by atoms with Crippen molar-refractivity contribution in [3.05, 3.63) is 0 Å². The van der Waals surface area contributed by atoms with E-state index in [4.69, 9.17) is 4.74 Å². The van der Waals surface area contributed by atoms with Crippen LogP contribution in [0.1, 0.15) is 26.2 Å². The second-order valence-corrected chi connectivity index (χ2v) is 6.83. The zero-order chi connectivity index (χ0) is 15.0. The fourth-order valence-electron chi connectivity index (χ4n) is 2.17. The number of carbonyl (C=O) groups is 1. The SMILES string of the molecule is CCCNC(=O)NCCN(C1CCOCC1)S(C)(=O)=O. The molecule has 0 aromatic rings. The van der Waals surface area contributed by atoms with Gasteiger partial charge in [0.15, 0.2) is 0 Å². The van der Waals surface area contributed by atoms with Crippen molar-refractivity contribution >= 4 is 16.1 Å². The molecule has 1 aliphatic rings. The summed E-state index contributed by atoms with van der Waals surface area (Å²) in [6, 6.07) is -0.286. The van der Waals surface area contributed by atoms with Crippen molar-refractivity contribution in [2.45, 2.75) is 32.2 Å². The number of nitrogens with zero attached hydrogens (tertiary/aromatic N) is 1. The van der Waals surface area contributed by atoms with Crippen LogP contribution in [0.5, 0.6) is 0 Å². The number of urea groups is 1. The molecule has 0 aliphatic carbocycles. The Morgan fingerprint density at radius 2 is 1.85 bits per heavy atom. The predicted molar refractivity (Wildman–Crippen MR) is 77.1 cm³/mol. The predicted octanol–water partition coefficient (Wildman–Crippen LogP) is 0.136. The molecule has 20 heavy (non-hydrogen) atoms. The van der Waals surface area contributed by atoms with Crippen LogP contribution in [-0.2, 0) is 14.8 Å². The number of sulfonamides is 1. The molecule has 2 N–H and O–H groups in total. The molecule has 0 spiro atoms. The van der Waals surface area contributed by atoms with Crippen LogP contribution in [0.2, 0.25) is 0 Å². The van der Waals surface area contributed by atoms with E-state index in [1.54, 1.807) is 0 Å². The normalized spacial score (nSPS) is 17.1. The highest BCUT2D eigenvalue weighted by Gasteiger charge is 2.27. The van der Waals surface area contributed by atoms with Gasteiger partial charge in [-0.1, -0.05) is 6.92 Å². The molecule has 0 unspecified atom stereocenters. The number of amides is 2. The van der Waals surface area contributed by atoms with E-state index in [-0.39, 0.29) is 12.1 Å². The first-order valence-corrected chi connectivity index (χ1v) is 8.86. The van der Waals surface area contributed by atoms with E-state index in [1.165, 1.54) is 10.6 Å². The summed E-state index contributed by atoms with van der Waals surface area (Å²) in [7, 11) is -3.27. The van der Waals surface area contributed by atoms with Gasteiger partial charge in [-0.3, -0.25) is 0 Å². The monoisotopic (exact) mass is 307 g/mol. The summed E-state index contributed by atoms with van der Waals surface area (Å²) >= 11 is 0. The highest BCUT2D eigenvalue weighted by molar-refractivity contribution is 7.88. The van der Waals surface area contributed by atoms with Gasteiger partial charge < -0.3 is 15.4 Å². The number of ether oxygens (including phenoxy) is 1. The Kier molecular flexibility index (Phi) is 7.25. The third kappa shape index (κ3) is 6.06. The van der Waals surface area contributed by atoms with Gasteiger partial charge in [-0.15, -0.1) is 0 Å². The van der Waals surface area contributed by atoms with Crippen molar-refractivity contribution in [2.75, 3.05) is 39.1 Å². The summed E-state index contributed by atoms with van der Waals surface area (Å²) in [5.74, 6) is 0. The Morgan fingerprint density at radius 3 is 2.40 bits per heavy atom. The van der Waals surface area contributed by atoms with Crippen LogP contribution in [0, 0.1) is 0 Å². The van der Waals surface area contributed by atoms with Gasteiger partial charge in [0.25, 0.3) is 0 Å². The van der Waals surface area contributed by atoms with Crippen molar-refractivity contribution in [1.29, 1.82) is 0 Å². The largest absolute Gasteiger partial charge is 0.381 e. The van der Waals surface area contributed by atoms with Gasteiger partial charge in [0, 0.05) is 38.9 Å². The van der Waals surface area contributed by atoms with Crippen molar-refractivity contribution in [1.82, 2.24) is 14.9 Å². The van der Waals surface area contributed by atoms with E-state index in [9.17, 15) is 13.2 Å². The lowest BCUT2D eigenvalue weighted by Gasteiger charge is -2.32. The molecule has 118 valence electrons. The second kappa shape index (κ2) is 8.43. The lowest BCUT2D eigenvalue weighted by molar-refractivity contribution is 0.0589. The Hall–Kier alpha value is -0.860. The van der Waals surface area contributed by atoms with E-state index >= 15 is 0 Å². The van der Waals surface area contributed by atoms with Crippen molar-refractivity contribution in [3.63, 3.8) is 0 Å². The van der Waals surface area contributed by atoms with Crippen LogP contribution in [-0.4, -0.2) is 63.9 Å². The smallest absolute Gasteiger partial charge is 0.314 e. The van der Waals surface area contributed by atoms with Crippen LogP contribution in [0.15, 0.2) is 0 Å². The third-order valence-corrected chi connectivity index (χ3v) is 4.51. The van der Waals surface area contributed by atoms with Gasteiger partial charge in [0.05, 0.1) is 6.26 Å². The second-order valence-electron chi connectivity index (χ2n) is 4.90. The lowest BCUT2D eigenvalue weighted by atomic mass is 10.1. The van der Waals surface area contributed by atoms with E-state index < -0.39 is 10.0 Å². The standard InChI is InChI=1S/C12H25N3O4S/c1-3-6-13-12(16)14-7-8-15(20(2,17)18)11-4-9-19-10-5-11/h11H,3-10H2,1-2H3,(H2,13,14,16). The highest BCUT2D eigenvalue weighted by atomic mass is 32.2. The molecule has 0 saturated carbocycles. The van der Waals surface area contributed by atoms with Crippen LogP contribution >= 0.6 is 0 Å². The van der Waals surface area contributed by atoms with Gasteiger partial charge in [0.1, 0.15) is 0 Å². The zero-order valence-electron chi connectivity index (χ0n) is 12.2. The first-order chi connectivity index (χ1) is 9.45. The summed E-state index contributed by atoms with van der Waals surface area (Å²) in [4.78, 5) is 11.4. The lowest BCUT2D eigenvalue weighted by Crippen LogP contribution is -2.47. The van der Waals surface area contributed by atoms with Gasteiger partial charge in [-0.25, -0.2) is 13.2 Å². The molecule has 0 atom stereocenters. The van der Waals surface area contributed by atoms with Gasteiger partial charge >= 0.3 is 6.03 Å². The molecule has 2 amide bonds. The van der Waals surface area contributed by atoms with E-state index in [2.05, 4.69) is 10.6 Å². The maximum absolute atomic E-state index is 11.8. The first-order valence-electron chi connectivity index (χ1n) is 7.01. The highest BCUT2D eigenvalue weighted by Crippen LogP contribution is 2.16. The molecule has 0 aromatic carbocycles. The number of rotatable bonds is 7. The minimum absolute atomic E-state index is 0.0285.